The predicted octanol–water partition coefficient (Wildman–Crippen LogP) is 1.52. The summed E-state index contributed by atoms with van der Waals surface area (Å²) < 4.78 is 0. The van der Waals surface area contributed by atoms with E-state index in [1.807, 2.05) is 18.7 Å². The van der Waals surface area contributed by atoms with Crippen molar-refractivity contribution in [2.45, 2.75) is 46.2 Å². The summed E-state index contributed by atoms with van der Waals surface area (Å²) in [5.74, 6) is 0.409. The van der Waals surface area contributed by atoms with Crippen LogP contribution in [0.4, 0.5) is 0 Å². The summed E-state index contributed by atoms with van der Waals surface area (Å²) in [6, 6.07) is 0.933. The van der Waals surface area contributed by atoms with Crippen LogP contribution in [-0.2, 0) is 4.79 Å². The van der Waals surface area contributed by atoms with E-state index in [1.54, 1.807) is 0 Å². The molecular weight excluding hydrogens is 238 g/mol. The second-order valence-electron chi connectivity index (χ2n) is 6.49. The average molecular weight is 269 g/mol. The van der Waals surface area contributed by atoms with Gasteiger partial charge in [0.05, 0.1) is 0 Å². The van der Waals surface area contributed by atoms with Gasteiger partial charge in [0.1, 0.15) is 0 Å². The number of hydrogen-bond acceptors (Lipinski definition) is 3. The molecule has 0 radical (unpaired) electrons. The number of carbonyl (C=O) groups is 1. The Morgan fingerprint density at radius 1 is 1.21 bits per heavy atom. The van der Waals surface area contributed by atoms with Crippen molar-refractivity contribution in [2.24, 2.45) is 5.92 Å². The van der Waals surface area contributed by atoms with Crippen LogP contribution in [0.2, 0.25) is 0 Å². The molecule has 0 aromatic rings. The molecule has 1 heterocycles. The molecule has 0 aromatic carbocycles. The molecule has 4 heteroatoms. The summed E-state index contributed by atoms with van der Waals surface area (Å²) >= 11 is 0. The van der Waals surface area contributed by atoms with E-state index in [2.05, 4.69) is 37.7 Å². The minimum atomic E-state index is 0.111. The summed E-state index contributed by atoms with van der Waals surface area (Å²) in [7, 11) is 4.23. The smallest absolute Gasteiger partial charge is 0.225 e. The maximum atomic E-state index is 12.1. The zero-order valence-corrected chi connectivity index (χ0v) is 13.5. The van der Waals surface area contributed by atoms with Gasteiger partial charge in [0.2, 0.25) is 5.91 Å². The fourth-order valence-corrected chi connectivity index (χ4v) is 2.91. The molecule has 1 rings (SSSR count). The molecule has 4 nitrogen and oxygen atoms in total. The summed E-state index contributed by atoms with van der Waals surface area (Å²) in [5, 5.41) is 0. The first-order valence-electron chi connectivity index (χ1n) is 7.52. The van der Waals surface area contributed by atoms with Gasteiger partial charge in [-0.1, -0.05) is 13.8 Å². The van der Waals surface area contributed by atoms with Gasteiger partial charge in [-0.3, -0.25) is 9.69 Å². The lowest BCUT2D eigenvalue weighted by Crippen LogP contribution is -2.58. The fraction of sp³-hybridized carbons (Fsp3) is 0.933. The van der Waals surface area contributed by atoms with Crippen LogP contribution >= 0.6 is 0 Å². The molecule has 0 aromatic heterocycles. The van der Waals surface area contributed by atoms with Gasteiger partial charge >= 0.3 is 0 Å². The first kappa shape index (κ1) is 16.4. The van der Waals surface area contributed by atoms with Crippen LogP contribution < -0.4 is 0 Å². The topological polar surface area (TPSA) is 26.8 Å². The van der Waals surface area contributed by atoms with E-state index in [-0.39, 0.29) is 5.92 Å². The quantitative estimate of drug-likeness (QED) is 0.757. The zero-order valence-electron chi connectivity index (χ0n) is 13.5. The Bertz CT molecular complexity index is 279. The Morgan fingerprint density at radius 2 is 1.74 bits per heavy atom. The van der Waals surface area contributed by atoms with Crippen LogP contribution in [0.3, 0.4) is 0 Å². The molecule has 1 fully saturated rings. The molecule has 2 unspecified atom stereocenters. The first-order chi connectivity index (χ1) is 8.82. The molecule has 0 N–H and O–H groups in total. The Morgan fingerprint density at radius 3 is 2.16 bits per heavy atom. The first-order valence-corrected chi connectivity index (χ1v) is 7.52. The normalized spacial score (nSPS) is 25.4. The van der Waals surface area contributed by atoms with Crippen molar-refractivity contribution in [3.63, 3.8) is 0 Å². The van der Waals surface area contributed by atoms with E-state index in [9.17, 15) is 4.79 Å². The van der Waals surface area contributed by atoms with Gasteiger partial charge in [0.25, 0.3) is 0 Å². The van der Waals surface area contributed by atoms with Crippen LogP contribution in [0, 0.1) is 5.92 Å². The number of hydrogen-bond donors (Lipinski definition) is 0. The summed E-state index contributed by atoms with van der Waals surface area (Å²) in [5.41, 5.74) is 0. The van der Waals surface area contributed by atoms with Crippen LogP contribution in [0.1, 0.15) is 34.1 Å². The summed E-state index contributed by atoms with van der Waals surface area (Å²) in [4.78, 5) is 18.9. The van der Waals surface area contributed by atoms with Crippen molar-refractivity contribution >= 4 is 5.91 Å². The fourth-order valence-electron chi connectivity index (χ4n) is 2.91. The van der Waals surface area contributed by atoms with Crippen LogP contribution in [0.5, 0.6) is 0 Å². The number of nitrogens with zero attached hydrogens (tertiary/aromatic N) is 3. The lowest BCUT2D eigenvalue weighted by molar-refractivity contribution is -0.138. The third kappa shape index (κ3) is 4.77. The lowest BCUT2D eigenvalue weighted by atomic mass is 10.1. The Hall–Kier alpha value is -0.610. The molecule has 19 heavy (non-hydrogen) atoms. The molecule has 0 aliphatic carbocycles. The van der Waals surface area contributed by atoms with Crippen molar-refractivity contribution in [3.8, 4) is 0 Å². The highest BCUT2D eigenvalue weighted by Crippen LogP contribution is 2.17. The van der Waals surface area contributed by atoms with E-state index in [0.29, 0.717) is 18.0 Å². The third-order valence-corrected chi connectivity index (χ3v) is 3.93. The predicted molar refractivity (Wildman–Crippen MR) is 80.2 cm³/mol. The molecular formula is C15H31N3O. The summed E-state index contributed by atoms with van der Waals surface area (Å²) in [6.07, 6.45) is 1.19. The van der Waals surface area contributed by atoms with Crippen molar-refractivity contribution in [1.82, 2.24) is 14.7 Å². The van der Waals surface area contributed by atoms with Crippen molar-refractivity contribution in [1.29, 1.82) is 0 Å². The van der Waals surface area contributed by atoms with Crippen molar-refractivity contribution < 1.29 is 4.79 Å². The highest BCUT2D eigenvalue weighted by molar-refractivity contribution is 5.78. The summed E-state index contributed by atoms with van der Waals surface area (Å²) in [6.45, 7) is 12.5. The molecule has 2 atom stereocenters. The minimum Gasteiger partial charge on any atom is -0.339 e. The Balaban J connectivity index is 2.49. The average Bonchev–Trinajstić information content (AvgIpc) is 2.30. The van der Waals surface area contributed by atoms with Gasteiger partial charge in [-0.05, 0) is 40.9 Å². The van der Waals surface area contributed by atoms with Crippen LogP contribution in [-0.4, -0.2) is 73.0 Å². The highest BCUT2D eigenvalue weighted by Gasteiger charge is 2.31. The molecule has 112 valence electrons. The van der Waals surface area contributed by atoms with Gasteiger partial charge in [0.15, 0.2) is 0 Å². The SMILES string of the molecule is CC(C)C(=O)N1CC(C)N(CCCN(C)C)C(C)C1. The van der Waals surface area contributed by atoms with Gasteiger partial charge in [0, 0.05) is 37.6 Å². The van der Waals surface area contributed by atoms with E-state index in [1.165, 1.54) is 6.42 Å². The maximum absolute atomic E-state index is 12.1. The van der Waals surface area contributed by atoms with Crippen LogP contribution in [0.25, 0.3) is 0 Å². The van der Waals surface area contributed by atoms with Gasteiger partial charge < -0.3 is 9.80 Å². The third-order valence-electron chi connectivity index (χ3n) is 3.93. The Kier molecular flexibility index (Phi) is 6.27. The van der Waals surface area contributed by atoms with E-state index in [4.69, 9.17) is 0 Å². The van der Waals surface area contributed by atoms with Gasteiger partial charge in [-0.15, -0.1) is 0 Å². The maximum Gasteiger partial charge on any atom is 0.225 e. The minimum absolute atomic E-state index is 0.111. The molecule has 0 saturated carbocycles. The van der Waals surface area contributed by atoms with E-state index >= 15 is 0 Å². The number of piperazine rings is 1. The molecule has 1 saturated heterocycles. The Labute approximate surface area is 118 Å². The number of amides is 1. The number of carbonyl (C=O) groups excluding carboxylic acids is 1. The molecule has 0 bridgehead atoms. The molecule has 1 aliphatic heterocycles. The lowest BCUT2D eigenvalue weighted by Gasteiger charge is -2.45. The van der Waals surface area contributed by atoms with Crippen molar-refractivity contribution in [2.75, 3.05) is 40.3 Å². The van der Waals surface area contributed by atoms with Crippen molar-refractivity contribution in [3.05, 3.63) is 0 Å². The second-order valence-corrected chi connectivity index (χ2v) is 6.49. The largest absolute Gasteiger partial charge is 0.339 e. The zero-order chi connectivity index (χ0) is 14.6. The van der Waals surface area contributed by atoms with Crippen LogP contribution in [0.15, 0.2) is 0 Å². The second kappa shape index (κ2) is 7.25. The standard InChI is InChI=1S/C15H31N3O/c1-12(2)15(19)17-10-13(3)18(14(4)11-17)9-7-8-16(5)6/h12-14H,7-11H2,1-6H3. The molecule has 1 aliphatic rings. The molecule has 1 amide bonds. The molecule has 0 spiro atoms. The number of rotatable bonds is 5. The van der Waals surface area contributed by atoms with Gasteiger partial charge in [-0.25, -0.2) is 0 Å². The highest BCUT2D eigenvalue weighted by atomic mass is 16.2. The van der Waals surface area contributed by atoms with Gasteiger partial charge in [-0.2, -0.15) is 0 Å². The van der Waals surface area contributed by atoms with E-state index < -0.39 is 0 Å². The monoisotopic (exact) mass is 269 g/mol. The van der Waals surface area contributed by atoms with E-state index in [0.717, 1.165) is 26.2 Å².